The predicted octanol–water partition coefficient (Wildman–Crippen LogP) is 3.00. The maximum Gasteiger partial charge on any atom is 0.345 e. The van der Waals surface area contributed by atoms with Gasteiger partial charge >= 0.3 is 5.97 Å². The molecule has 0 spiro atoms. The molecule has 1 aliphatic rings. The molecule has 0 saturated carbocycles. The van der Waals surface area contributed by atoms with Crippen LogP contribution >= 0.6 is 11.3 Å². The number of carboxylic acid groups (broad SMARTS) is 1. The van der Waals surface area contributed by atoms with E-state index < -0.39 is 11.8 Å². The summed E-state index contributed by atoms with van der Waals surface area (Å²) in [6, 6.07) is 8.72. The van der Waals surface area contributed by atoms with E-state index in [1.54, 1.807) is 0 Å². The SMILES string of the molecule is CN1CCN(c2ccccc2-c2sc(C(=O)O)cc2F)CC1. The number of thiophene rings is 1. The van der Waals surface area contributed by atoms with E-state index in [-0.39, 0.29) is 4.88 Å². The molecule has 1 saturated heterocycles. The van der Waals surface area contributed by atoms with Gasteiger partial charge in [0, 0.05) is 37.4 Å². The normalized spacial score (nSPS) is 16.0. The van der Waals surface area contributed by atoms with Crippen LogP contribution in [0.15, 0.2) is 30.3 Å². The molecule has 1 aliphatic heterocycles. The lowest BCUT2D eigenvalue weighted by Crippen LogP contribution is -2.44. The summed E-state index contributed by atoms with van der Waals surface area (Å²) < 4.78 is 14.2. The fourth-order valence-corrected chi connectivity index (χ4v) is 3.56. The quantitative estimate of drug-likeness (QED) is 0.944. The predicted molar refractivity (Wildman–Crippen MR) is 86.4 cm³/mol. The molecule has 0 unspecified atom stereocenters. The zero-order valence-corrected chi connectivity index (χ0v) is 13.1. The van der Waals surface area contributed by atoms with Crippen LogP contribution < -0.4 is 4.90 Å². The van der Waals surface area contributed by atoms with E-state index in [0.29, 0.717) is 4.88 Å². The second-order valence-electron chi connectivity index (χ2n) is 5.40. The van der Waals surface area contributed by atoms with Crippen molar-refractivity contribution in [3.63, 3.8) is 0 Å². The number of likely N-dealkylation sites (N-methyl/N-ethyl adjacent to an activating group) is 1. The molecule has 1 N–H and O–H groups in total. The van der Waals surface area contributed by atoms with Crippen molar-refractivity contribution in [2.45, 2.75) is 0 Å². The molecule has 116 valence electrons. The highest BCUT2D eigenvalue weighted by atomic mass is 32.1. The van der Waals surface area contributed by atoms with Crippen LogP contribution in [0.5, 0.6) is 0 Å². The lowest BCUT2D eigenvalue weighted by molar-refractivity contribution is 0.0702. The summed E-state index contributed by atoms with van der Waals surface area (Å²) in [5, 5.41) is 9.04. The van der Waals surface area contributed by atoms with Gasteiger partial charge in [-0.2, -0.15) is 0 Å². The van der Waals surface area contributed by atoms with Gasteiger partial charge in [0.15, 0.2) is 0 Å². The second kappa shape index (κ2) is 6.06. The molecule has 0 radical (unpaired) electrons. The first kappa shape index (κ1) is 15.0. The molecular weight excluding hydrogens is 303 g/mol. The molecule has 0 atom stereocenters. The van der Waals surface area contributed by atoms with Gasteiger partial charge in [-0.3, -0.25) is 0 Å². The highest BCUT2D eigenvalue weighted by Gasteiger charge is 2.21. The molecule has 0 aliphatic carbocycles. The van der Waals surface area contributed by atoms with Gasteiger partial charge in [-0.25, -0.2) is 9.18 Å². The lowest BCUT2D eigenvalue weighted by Gasteiger charge is -2.35. The van der Waals surface area contributed by atoms with E-state index in [0.717, 1.165) is 54.8 Å². The number of nitrogens with zero attached hydrogens (tertiary/aromatic N) is 2. The largest absolute Gasteiger partial charge is 0.477 e. The van der Waals surface area contributed by atoms with Gasteiger partial charge in [0.05, 0.1) is 4.88 Å². The minimum Gasteiger partial charge on any atom is -0.477 e. The standard InChI is InChI=1S/C16H17FN2O2S/c1-18-6-8-19(9-7-18)13-5-3-2-4-11(13)15-12(17)10-14(22-15)16(20)21/h2-5,10H,6-9H2,1H3,(H,20,21). The van der Waals surface area contributed by atoms with Crippen LogP contribution in [0.25, 0.3) is 10.4 Å². The number of hydrogen-bond acceptors (Lipinski definition) is 4. The van der Waals surface area contributed by atoms with E-state index in [4.69, 9.17) is 5.11 Å². The van der Waals surface area contributed by atoms with Crippen LogP contribution in [0.4, 0.5) is 10.1 Å². The number of aromatic carboxylic acids is 1. The molecule has 2 heterocycles. The Morgan fingerprint density at radius 3 is 2.55 bits per heavy atom. The average molecular weight is 320 g/mol. The fourth-order valence-electron chi connectivity index (χ4n) is 2.65. The summed E-state index contributed by atoms with van der Waals surface area (Å²) in [5.74, 6) is -1.56. The summed E-state index contributed by atoms with van der Waals surface area (Å²) in [5.41, 5.74) is 1.73. The molecular formula is C16H17FN2O2S. The third kappa shape index (κ3) is 2.84. The fraction of sp³-hybridized carbons (Fsp3) is 0.312. The van der Waals surface area contributed by atoms with Crippen LogP contribution in [-0.2, 0) is 0 Å². The van der Waals surface area contributed by atoms with Crippen LogP contribution in [-0.4, -0.2) is 49.2 Å². The van der Waals surface area contributed by atoms with Gasteiger partial charge in [0.1, 0.15) is 10.7 Å². The highest BCUT2D eigenvalue weighted by molar-refractivity contribution is 7.17. The number of hydrogen-bond donors (Lipinski definition) is 1. The minimum atomic E-state index is -1.09. The van der Waals surface area contributed by atoms with Crippen molar-refractivity contribution >= 4 is 23.0 Å². The van der Waals surface area contributed by atoms with Gasteiger partial charge in [0.2, 0.25) is 0 Å². The molecule has 2 aromatic rings. The minimum absolute atomic E-state index is 0.0284. The Morgan fingerprint density at radius 1 is 1.23 bits per heavy atom. The van der Waals surface area contributed by atoms with Crippen molar-refractivity contribution in [1.29, 1.82) is 0 Å². The first-order valence-electron chi connectivity index (χ1n) is 7.12. The van der Waals surface area contributed by atoms with Crippen molar-refractivity contribution in [2.75, 3.05) is 38.1 Å². The Kier molecular flexibility index (Phi) is 4.13. The van der Waals surface area contributed by atoms with Crippen LogP contribution in [0.1, 0.15) is 9.67 Å². The maximum atomic E-state index is 14.2. The number of anilines is 1. The van der Waals surface area contributed by atoms with Crippen LogP contribution in [0, 0.1) is 5.82 Å². The zero-order chi connectivity index (χ0) is 15.7. The molecule has 3 rings (SSSR count). The van der Waals surface area contributed by atoms with Crippen molar-refractivity contribution < 1.29 is 14.3 Å². The van der Waals surface area contributed by atoms with E-state index in [2.05, 4.69) is 16.8 Å². The number of piperazine rings is 1. The molecule has 6 heteroatoms. The van der Waals surface area contributed by atoms with Gasteiger partial charge in [-0.1, -0.05) is 18.2 Å². The topological polar surface area (TPSA) is 43.8 Å². The van der Waals surface area contributed by atoms with Gasteiger partial charge in [-0.05, 0) is 19.2 Å². The number of carboxylic acids is 1. The van der Waals surface area contributed by atoms with Crippen molar-refractivity contribution in [2.24, 2.45) is 0 Å². The molecule has 1 fully saturated rings. The molecule has 4 nitrogen and oxygen atoms in total. The number of para-hydroxylation sites is 1. The number of carbonyl (C=O) groups is 1. The third-order valence-electron chi connectivity index (χ3n) is 3.89. The monoisotopic (exact) mass is 320 g/mol. The Balaban J connectivity index is 1.99. The van der Waals surface area contributed by atoms with E-state index >= 15 is 0 Å². The number of benzene rings is 1. The van der Waals surface area contributed by atoms with Crippen LogP contribution in [0.3, 0.4) is 0 Å². The highest BCUT2D eigenvalue weighted by Crippen LogP contribution is 2.38. The lowest BCUT2D eigenvalue weighted by atomic mass is 10.1. The van der Waals surface area contributed by atoms with E-state index in [9.17, 15) is 9.18 Å². The first-order chi connectivity index (χ1) is 10.6. The Hall–Kier alpha value is -1.92. The number of halogens is 1. The summed E-state index contributed by atoms with van der Waals surface area (Å²) >= 11 is 0.988. The van der Waals surface area contributed by atoms with Crippen LogP contribution in [0.2, 0.25) is 0 Å². The number of rotatable bonds is 3. The molecule has 0 amide bonds. The molecule has 22 heavy (non-hydrogen) atoms. The summed E-state index contributed by atoms with van der Waals surface area (Å²) in [6.45, 7) is 3.68. The summed E-state index contributed by atoms with van der Waals surface area (Å²) in [4.78, 5) is 16.0. The Bertz CT molecular complexity index is 693. The first-order valence-corrected chi connectivity index (χ1v) is 7.93. The Labute approximate surface area is 132 Å². The second-order valence-corrected chi connectivity index (χ2v) is 6.45. The average Bonchev–Trinajstić information content (AvgIpc) is 2.90. The summed E-state index contributed by atoms with van der Waals surface area (Å²) in [7, 11) is 2.08. The summed E-state index contributed by atoms with van der Waals surface area (Å²) in [6.07, 6.45) is 0. The molecule has 1 aromatic carbocycles. The van der Waals surface area contributed by atoms with Crippen molar-refractivity contribution in [3.8, 4) is 10.4 Å². The van der Waals surface area contributed by atoms with E-state index in [1.165, 1.54) is 0 Å². The Morgan fingerprint density at radius 2 is 1.91 bits per heavy atom. The van der Waals surface area contributed by atoms with Crippen molar-refractivity contribution in [3.05, 3.63) is 41.0 Å². The molecule has 0 bridgehead atoms. The van der Waals surface area contributed by atoms with Crippen molar-refractivity contribution in [1.82, 2.24) is 4.90 Å². The van der Waals surface area contributed by atoms with Gasteiger partial charge in [-0.15, -0.1) is 11.3 Å². The van der Waals surface area contributed by atoms with Gasteiger partial charge in [0.25, 0.3) is 0 Å². The smallest absolute Gasteiger partial charge is 0.345 e. The maximum absolute atomic E-state index is 14.2. The van der Waals surface area contributed by atoms with Gasteiger partial charge < -0.3 is 14.9 Å². The van der Waals surface area contributed by atoms with E-state index in [1.807, 2.05) is 24.3 Å². The third-order valence-corrected chi connectivity index (χ3v) is 5.02. The zero-order valence-electron chi connectivity index (χ0n) is 12.3. The molecule has 1 aromatic heterocycles.